The number of nitrogens with zero attached hydrogens (tertiary/aromatic N) is 1. The van der Waals surface area contributed by atoms with Crippen molar-refractivity contribution in [3.8, 4) is 0 Å². The molecule has 4 heteroatoms. The third-order valence-electron chi connectivity index (χ3n) is 3.73. The zero-order valence-corrected chi connectivity index (χ0v) is 11.8. The molecule has 1 aliphatic rings. The molecule has 1 heterocycles. The molecule has 0 aromatic carbocycles. The average Bonchev–Trinajstić information content (AvgIpc) is 2.26. The van der Waals surface area contributed by atoms with E-state index in [9.17, 15) is 4.21 Å². The Morgan fingerprint density at radius 1 is 1.56 bits per heavy atom. The van der Waals surface area contributed by atoms with Gasteiger partial charge in [-0.1, -0.05) is 20.3 Å². The van der Waals surface area contributed by atoms with E-state index in [4.69, 9.17) is 0 Å². The van der Waals surface area contributed by atoms with Crippen LogP contribution >= 0.6 is 0 Å². The van der Waals surface area contributed by atoms with Crippen molar-refractivity contribution in [2.75, 3.05) is 31.6 Å². The quantitative estimate of drug-likeness (QED) is 0.788. The van der Waals surface area contributed by atoms with Crippen LogP contribution in [0.4, 0.5) is 0 Å². The maximum absolute atomic E-state index is 11.1. The smallest absolute Gasteiger partial charge is 0.0359 e. The molecule has 1 fully saturated rings. The molecule has 96 valence electrons. The van der Waals surface area contributed by atoms with Crippen LogP contribution < -0.4 is 5.32 Å². The summed E-state index contributed by atoms with van der Waals surface area (Å²) in [6.45, 7) is 9.94. The maximum atomic E-state index is 11.1. The van der Waals surface area contributed by atoms with E-state index in [1.165, 1.54) is 6.42 Å². The Hall–Kier alpha value is 0.0700. The highest BCUT2D eigenvalue weighted by atomic mass is 32.2. The van der Waals surface area contributed by atoms with E-state index >= 15 is 0 Å². The second kappa shape index (κ2) is 6.72. The molecule has 0 aromatic rings. The molecule has 1 N–H and O–H groups in total. The van der Waals surface area contributed by atoms with E-state index in [1.807, 2.05) is 0 Å². The lowest BCUT2D eigenvalue weighted by atomic mass is 9.96. The minimum atomic E-state index is -0.668. The summed E-state index contributed by atoms with van der Waals surface area (Å²) in [7, 11) is -0.668. The van der Waals surface area contributed by atoms with Crippen LogP contribution in [0.1, 0.15) is 27.2 Å². The number of hydrogen-bond donors (Lipinski definition) is 1. The minimum absolute atomic E-state index is 0.573. The number of nitrogens with one attached hydrogen (secondary N) is 1. The van der Waals surface area contributed by atoms with Gasteiger partial charge in [0.15, 0.2) is 0 Å². The Bertz CT molecular complexity index is 235. The molecule has 0 bridgehead atoms. The van der Waals surface area contributed by atoms with Crippen LogP contribution in [-0.2, 0) is 10.8 Å². The van der Waals surface area contributed by atoms with Gasteiger partial charge in [-0.15, -0.1) is 0 Å². The van der Waals surface area contributed by atoms with Gasteiger partial charge in [0.25, 0.3) is 0 Å². The Morgan fingerprint density at radius 3 is 2.81 bits per heavy atom. The van der Waals surface area contributed by atoms with E-state index in [1.54, 1.807) is 6.26 Å². The lowest BCUT2D eigenvalue weighted by Crippen LogP contribution is -2.57. The average molecular weight is 246 g/mol. The molecule has 0 saturated carbocycles. The SMILES string of the molecule is CCC(C)C1CN(CCS(C)=O)C(C)CN1. The molecule has 0 radical (unpaired) electrons. The van der Waals surface area contributed by atoms with Gasteiger partial charge in [0.05, 0.1) is 0 Å². The van der Waals surface area contributed by atoms with Crippen LogP contribution in [0.5, 0.6) is 0 Å². The van der Waals surface area contributed by atoms with Crippen molar-refractivity contribution in [3.63, 3.8) is 0 Å². The molecule has 1 rings (SSSR count). The first-order chi connectivity index (χ1) is 7.54. The fourth-order valence-corrected chi connectivity index (χ4v) is 2.66. The number of piperazine rings is 1. The molecule has 4 unspecified atom stereocenters. The summed E-state index contributed by atoms with van der Waals surface area (Å²) >= 11 is 0. The highest BCUT2D eigenvalue weighted by Crippen LogP contribution is 2.15. The van der Waals surface area contributed by atoms with Crippen LogP contribution in [0.2, 0.25) is 0 Å². The van der Waals surface area contributed by atoms with Gasteiger partial charge in [-0.3, -0.25) is 9.11 Å². The number of rotatable bonds is 5. The van der Waals surface area contributed by atoms with Crippen molar-refractivity contribution in [1.82, 2.24) is 10.2 Å². The van der Waals surface area contributed by atoms with Gasteiger partial charge < -0.3 is 5.32 Å². The zero-order chi connectivity index (χ0) is 12.1. The Morgan fingerprint density at radius 2 is 2.25 bits per heavy atom. The van der Waals surface area contributed by atoms with Gasteiger partial charge in [-0.2, -0.15) is 0 Å². The lowest BCUT2D eigenvalue weighted by Gasteiger charge is -2.40. The first-order valence-corrected chi connectivity index (χ1v) is 8.04. The third-order valence-corrected chi connectivity index (χ3v) is 4.48. The van der Waals surface area contributed by atoms with Crippen LogP contribution in [0.25, 0.3) is 0 Å². The molecule has 0 aromatic heterocycles. The van der Waals surface area contributed by atoms with Gasteiger partial charge in [-0.25, -0.2) is 0 Å². The zero-order valence-electron chi connectivity index (χ0n) is 11.0. The van der Waals surface area contributed by atoms with Crippen LogP contribution in [-0.4, -0.2) is 52.8 Å². The summed E-state index contributed by atoms with van der Waals surface area (Å²) in [5.74, 6) is 1.53. The standard InChI is InChI=1S/C12H26N2OS/c1-5-10(2)12-9-14(6-7-16(4)15)11(3)8-13-12/h10-13H,5-9H2,1-4H3. The van der Waals surface area contributed by atoms with E-state index in [-0.39, 0.29) is 0 Å². The third kappa shape index (κ3) is 4.15. The molecular formula is C12H26N2OS. The van der Waals surface area contributed by atoms with Crippen LogP contribution in [0.15, 0.2) is 0 Å². The molecule has 1 saturated heterocycles. The predicted octanol–water partition coefficient (Wildman–Crippen LogP) is 1.07. The Labute approximate surface area is 102 Å². The highest BCUT2D eigenvalue weighted by molar-refractivity contribution is 7.84. The van der Waals surface area contributed by atoms with Crippen LogP contribution in [0.3, 0.4) is 0 Å². The Kier molecular flexibility index (Phi) is 5.94. The summed E-state index contributed by atoms with van der Waals surface area (Å²) in [5, 5.41) is 3.62. The van der Waals surface area contributed by atoms with E-state index < -0.39 is 10.8 Å². The second-order valence-corrected chi connectivity index (χ2v) is 6.58. The fraction of sp³-hybridized carbons (Fsp3) is 1.00. The first-order valence-electron chi connectivity index (χ1n) is 6.32. The molecular weight excluding hydrogens is 220 g/mol. The minimum Gasteiger partial charge on any atom is -0.311 e. The summed E-state index contributed by atoms with van der Waals surface area (Å²) in [6.07, 6.45) is 3.01. The fourth-order valence-electron chi connectivity index (χ4n) is 2.17. The van der Waals surface area contributed by atoms with Crippen molar-refractivity contribution in [1.29, 1.82) is 0 Å². The van der Waals surface area contributed by atoms with Gasteiger partial charge in [0.1, 0.15) is 0 Å². The summed E-state index contributed by atoms with van der Waals surface area (Å²) in [6, 6.07) is 1.18. The molecule has 0 aliphatic carbocycles. The molecule has 0 spiro atoms. The second-order valence-electron chi connectivity index (χ2n) is 5.02. The van der Waals surface area contributed by atoms with E-state index in [0.29, 0.717) is 12.1 Å². The molecule has 1 aliphatic heterocycles. The Balaban J connectivity index is 2.44. The largest absolute Gasteiger partial charge is 0.311 e. The van der Waals surface area contributed by atoms with Crippen molar-refractivity contribution >= 4 is 10.8 Å². The molecule has 0 amide bonds. The van der Waals surface area contributed by atoms with Crippen molar-refractivity contribution in [3.05, 3.63) is 0 Å². The maximum Gasteiger partial charge on any atom is 0.0359 e. The molecule has 3 nitrogen and oxygen atoms in total. The van der Waals surface area contributed by atoms with Gasteiger partial charge >= 0.3 is 0 Å². The highest BCUT2D eigenvalue weighted by Gasteiger charge is 2.27. The monoisotopic (exact) mass is 246 g/mol. The summed E-state index contributed by atoms with van der Waals surface area (Å²) in [5.41, 5.74) is 0. The topological polar surface area (TPSA) is 32.3 Å². The van der Waals surface area contributed by atoms with Crippen LogP contribution in [0, 0.1) is 5.92 Å². The van der Waals surface area contributed by atoms with Gasteiger partial charge in [0, 0.05) is 54.5 Å². The lowest BCUT2D eigenvalue weighted by molar-refractivity contribution is 0.126. The van der Waals surface area contributed by atoms with Crippen molar-refractivity contribution in [2.24, 2.45) is 5.92 Å². The van der Waals surface area contributed by atoms with E-state index in [0.717, 1.165) is 31.3 Å². The molecule has 16 heavy (non-hydrogen) atoms. The summed E-state index contributed by atoms with van der Waals surface area (Å²) in [4.78, 5) is 2.48. The first kappa shape index (κ1) is 14.1. The number of hydrogen-bond acceptors (Lipinski definition) is 3. The van der Waals surface area contributed by atoms with Gasteiger partial charge in [0.2, 0.25) is 0 Å². The van der Waals surface area contributed by atoms with Gasteiger partial charge in [-0.05, 0) is 12.8 Å². The van der Waals surface area contributed by atoms with Crippen molar-refractivity contribution in [2.45, 2.75) is 39.3 Å². The molecule has 4 atom stereocenters. The predicted molar refractivity (Wildman–Crippen MR) is 71.2 cm³/mol. The van der Waals surface area contributed by atoms with Crippen molar-refractivity contribution < 1.29 is 4.21 Å². The normalized spacial score (nSPS) is 31.2. The van der Waals surface area contributed by atoms with E-state index in [2.05, 4.69) is 31.0 Å². The summed E-state index contributed by atoms with van der Waals surface area (Å²) < 4.78 is 11.1.